The average molecular weight is 387 g/mol. The van der Waals surface area contributed by atoms with Crippen molar-refractivity contribution in [3.05, 3.63) is 55.0 Å². The van der Waals surface area contributed by atoms with Gasteiger partial charge in [0, 0.05) is 45.8 Å². The third kappa shape index (κ3) is 2.35. The van der Waals surface area contributed by atoms with E-state index < -0.39 is 0 Å². The van der Waals surface area contributed by atoms with Crippen molar-refractivity contribution in [2.75, 3.05) is 0 Å². The van der Waals surface area contributed by atoms with Crippen LogP contribution in [-0.4, -0.2) is 39.5 Å². The first-order chi connectivity index (χ1) is 14.8. The van der Waals surface area contributed by atoms with E-state index in [0.29, 0.717) is 0 Å². The number of hydrogen-bond donors (Lipinski definition) is 2. The summed E-state index contributed by atoms with van der Waals surface area (Å²) >= 11 is 0. The molecule has 0 saturated heterocycles. The highest BCUT2D eigenvalue weighted by molar-refractivity contribution is 6.59. The summed E-state index contributed by atoms with van der Waals surface area (Å²) in [6.07, 6.45) is 5.70. The molecule has 0 saturated carbocycles. The van der Waals surface area contributed by atoms with Gasteiger partial charge in [-0.2, -0.15) is 0 Å². The molecule has 0 atom stereocenters. The van der Waals surface area contributed by atoms with Crippen LogP contribution in [0.4, 0.5) is 0 Å². The Morgan fingerprint density at radius 1 is 0.800 bits per heavy atom. The van der Waals surface area contributed by atoms with Crippen molar-refractivity contribution in [2.45, 2.75) is 13.6 Å². The molecule has 6 rings (SSSR count). The van der Waals surface area contributed by atoms with Gasteiger partial charge in [0.05, 0.1) is 22.1 Å². The number of rotatable bonds is 3. The number of fused-ring (bicyclic) bond motifs is 7. The van der Waals surface area contributed by atoms with Crippen LogP contribution in [0.5, 0.6) is 0 Å². The van der Waals surface area contributed by atoms with Gasteiger partial charge in [-0.25, -0.2) is 4.98 Å². The van der Waals surface area contributed by atoms with Crippen LogP contribution in [0.1, 0.15) is 0 Å². The van der Waals surface area contributed by atoms with Crippen LogP contribution >= 0.6 is 0 Å². The molecule has 5 nitrogen and oxygen atoms in total. The van der Waals surface area contributed by atoms with Crippen molar-refractivity contribution < 1.29 is 0 Å². The zero-order valence-electron chi connectivity index (χ0n) is 17.0. The molecule has 4 aromatic heterocycles. The Bertz CT molecular complexity index is 1510. The third-order valence-corrected chi connectivity index (χ3v) is 6.04. The first-order valence-electron chi connectivity index (χ1n) is 10.4. The zero-order chi connectivity index (χ0) is 20.2. The molecule has 0 aliphatic carbocycles. The fourth-order valence-corrected chi connectivity index (χ4v) is 4.52. The molecule has 7 heteroatoms. The van der Waals surface area contributed by atoms with Gasteiger partial charge in [0.1, 0.15) is 5.82 Å². The molecule has 6 aromatic rings. The predicted octanol–water partition coefficient (Wildman–Crippen LogP) is 3.03. The first kappa shape index (κ1) is 17.3. The smallest absolute Gasteiger partial charge is 0.157 e. The SMILES string of the molecule is CBc1cc(BC)c2[nH]cc(-c3nc4c5cccnc5c5ncccc5c4[nH]3)c2c1. The summed E-state index contributed by atoms with van der Waals surface area (Å²) in [5.74, 6) is 0.869. The van der Waals surface area contributed by atoms with Crippen molar-refractivity contribution in [3.63, 3.8) is 0 Å². The second kappa shape index (κ2) is 6.46. The molecule has 0 fully saturated rings. The molecule has 0 bridgehead atoms. The summed E-state index contributed by atoms with van der Waals surface area (Å²) in [6, 6.07) is 12.7. The summed E-state index contributed by atoms with van der Waals surface area (Å²) in [7, 11) is 2.01. The molecular formula is C23H19B2N5. The van der Waals surface area contributed by atoms with Crippen LogP contribution in [-0.2, 0) is 0 Å². The Hall–Kier alpha value is -3.60. The fraction of sp³-hybridized carbons (Fsp3) is 0.0870. The Labute approximate surface area is 174 Å². The lowest BCUT2D eigenvalue weighted by Gasteiger charge is -2.04. The number of aromatic amines is 2. The van der Waals surface area contributed by atoms with E-state index in [4.69, 9.17) is 4.98 Å². The van der Waals surface area contributed by atoms with E-state index in [1.807, 2.05) is 24.5 Å². The minimum atomic E-state index is 0.869. The quantitative estimate of drug-likeness (QED) is 0.362. The van der Waals surface area contributed by atoms with Crippen LogP contribution < -0.4 is 10.9 Å². The second-order valence-corrected chi connectivity index (χ2v) is 7.70. The molecule has 0 amide bonds. The zero-order valence-corrected chi connectivity index (χ0v) is 17.0. The number of imidazole rings is 1. The van der Waals surface area contributed by atoms with Gasteiger partial charge in [-0.3, -0.25) is 9.97 Å². The molecule has 0 unspecified atom stereocenters. The lowest BCUT2D eigenvalue weighted by Crippen LogP contribution is -2.21. The minimum absolute atomic E-state index is 0.869. The van der Waals surface area contributed by atoms with Crippen LogP contribution in [0.25, 0.3) is 55.1 Å². The highest BCUT2D eigenvalue weighted by Crippen LogP contribution is 2.34. The lowest BCUT2D eigenvalue weighted by molar-refractivity contribution is 1.34. The number of aromatic nitrogens is 5. The van der Waals surface area contributed by atoms with Crippen molar-refractivity contribution in [2.24, 2.45) is 0 Å². The molecule has 0 spiro atoms. The highest BCUT2D eigenvalue weighted by Gasteiger charge is 2.17. The number of pyridine rings is 2. The van der Waals surface area contributed by atoms with E-state index in [-0.39, 0.29) is 0 Å². The Balaban J connectivity index is 1.71. The lowest BCUT2D eigenvalue weighted by atomic mass is 9.66. The van der Waals surface area contributed by atoms with Crippen molar-refractivity contribution >= 4 is 69.2 Å². The minimum Gasteiger partial charge on any atom is -0.361 e. The van der Waals surface area contributed by atoms with Crippen molar-refractivity contribution in [1.82, 2.24) is 24.9 Å². The van der Waals surface area contributed by atoms with E-state index in [1.165, 1.54) is 21.8 Å². The predicted molar refractivity (Wildman–Crippen MR) is 129 cm³/mol. The normalized spacial score (nSPS) is 11.7. The third-order valence-electron chi connectivity index (χ3n) is 6.04. The molecule has 142 valence electrons. The van der Waals surface area contributed by atoms with Crippen LogP contribution in [0.15, 0.2) is 55.0 Å². The van der Waals surface area contributed by atoms with Gasteiger partial charge in [0.15, 0.2) is 14.6 Å². The van der Waals surface area contributed by atoms with E-state index in [2.05, 4.69) is 64.0 Å². The van der Waals surface area contributed by atoms with Gasteiger partial charge >= 0.3 is 0 Å². The van der Waals surface area contributed by atoms with Gasteiger partial charge < -0.3 is 9.97 Å². The monoisotopic (exact) mass is 387 g/mol. The first-order valence-corrected chi connectivity index (χ1v) is 10.4. The van der Waals surface area contributed by atoms with E-state index in [0.717, 1.165) is 58.8 Å². The number of hydrogen-bond acceptors (Lipinski definition) is 3. The summed E-state index contributed by atoms with van der Waals surface area (Å²) in [5.41, 5.74) is 8.71. The van der Waals surface area contributed by atoms with Crippen LogP contribution in [0, 0.1) is 0 Å². The maximum Gasteiger partial charge on any atom is 0.157 e. The molecule has 30 heavy (non-hydrogen) atoms. The average Bonchev–Trinajstić information content (AvgIpc) is 3.43. The molecule has 4 heterocycles. The number of nitrogens with zero attached hydrogens (tertiary/aromatic N) is 3. The highest BCUT2D eigenvalue weighted by atomic mass is 14.9. The molecule has 2 aromatic carbocycles. The van der Waals surface area contributed by atoms with Gasteiger partial charge in [-0.05, 0) is 24.3 Å². The van der Waals surface area contributed by atoms with Crippen LogP contribution in [0.2, 0.25) is 13.6 Å². The Kier molecular flexibility index (Phi) is 3.72. The summed E-state index contributed by atoms with van der Waals surface area (Å²) < 4.78 is 0. The largest absolute Gasteiger partial charge is 0.361 e. The summed E-state index contributed by atoms with van der Waals surface area (Å²) in [4.78, 5) is 21.4. The number of nitrogens with one attached hydrogen (secondary N) is 2. The van der Waals surface area contributed by atoms with E-state index >= 15 is 0 Å². The summed E-state index contributed by atoms with van der Waals surface area (Å²) in [6.45, 7) is 4.40. The van der Waals surface area contributed by atoms with Gasteiger partial charge in [-0.15, -0.1) is 0 Å². The molecule has 0 radical (unpaired) electrons. The van der Waals surface area contributed by atoms with E-state index in [1.54, 1.807) is 0 Å². The maximum atomic E-state index is 5.05. The number of benzene rings is 2. The van der Waals surface area contributed by atoms with Crippen molar-refractivity contribution in [1.29, 1.82) is 0 Å². The molecular weight excluding hydrogens is 368 g/mol. The van der Waals surface area contributed by atoms with Gasteiger partial charge in [-0.1, -0.05) is 36.7 Å². The molecule has 0 aliphatic heterocycles. The Morgan fingerprint density at radius 3 is 2.33 bits per heavy atom. The van der Waals surface area contributed by atoms with Gasteiger partial charge in [0.2, 0.25) is 0 Å². The summed E-state index contributed by atoms with van der Waals surface area (Å²) in [5, 5.41) is 3.28. The number of H-pyrrole nitrogens is 2. The standard InChI is InChI=1S/C23H19B2N5/c1-24-12-9-15-16(11-28-18(15)17(10-12)25-2)23-29-21-13-5-3-7-26-19(13)20-14(22(21)30-23)6-4-8-27-20/h3-11,24-25,28H,1-2H3,(H,29,30). The van der Waals surface area contributed by atoms with Crippen LogP contribution in [0.3, 0.4) is 0 Å². The maximum absolute atomic E-state index is 5.05. The van der Waals surface area contributed by atoms with E-state index in [9.17, 15) is 0 Å². The second-order valence-electron chi connectivity index (χ2n) is 7.70. The molecule has 0 aliphatic rings. The Morgan fingerprint density at radius 2 is 1.57 bits per heavy atom. The molecule has 2 N–H and O–H groups in total. The van der Waals surface area contributed by atoms with Crippen molar-refractivity contribution in [3.8, 4) is 11.4 Å². The fourth-order valence-electron chi connectivity index (χ4n) is 4.52. The van der Waals surface area contributed by atoms with Gasteiger partial charge in [0.25, 0.3) is 0 Å². The topological polar surface area (TPSA) is 70.2 Å².